The van der Waals surface area contributed by atoms with E-state index in [2.05, 4.69) is 26.6 Å². The van der Waals surface area contributed by atoms with Gasteiger partial charge < -0.3 is 15.4 Å². The Morgan fingerprint density at radius 1 is 1.14 bits per heavy atom. The fourth-order valence-electron chi connectivity index (χ4n) is 1.98. The molecule has 0 aromatic heterocycles. The normalized spacial score (nSPS) is 10.1. The quantitative estimate of drug-likeness (QED) is 0.364. The van der Waals surface area contributed by atoms with Gasteiger partial charge in [-0.15, -0.1) is 0 Å². The maximum Gasteiger partial charge on any atom is 0.340 e. The molecule has 0 heterocycles. The van der Waals surface area contributed by atoms with Crippen LogP contribution < -0.4 is 10.6 Å². The molecule has 0 unspecified atom stereocenters. The van der Waals surface area contributed by atoms with Crippen molar-refractivity contribution in [2.75, 3.05) is 18.5 Å². The largest absolute Gasteiger partial charge is 0.452 e. The fraction of sp³-hybridized carbons (Fsp3) is 0.118. The van der Waals surface area contributed by atoms with E-state index in [1.54, 1.807) is 24.3 Å². The number of nitrogens with one attached hydrogen (secondary N) is 2. The highest BCUT2D eigenvalue weighted by molar-refractivity contribution is 9.10. The van der Waals surface area contributed by atoms with Crippen molar-refractivity contribution in [3.63, 3.8) is 0 Å². The zero-order valence-electron chi connectivity index (χ0n) is 14.1. The molecule has 146 valence electrons. The molecule has 0 aliphatic carbocycles. The van der Waals surface area contributed by atoms with Crippen molar-refractivity contribution >= 4 is 56.7 Å². The van der Waals surface area contributed by atoms with Crippen molar-refractivity contribution < 1.29 is 24.0 Å². The second-order valence-corrected chi connectivity index (χ2v) is 6.56. The number of halogens is 2. The first kappa shape index (κ1) is 21.3. The lowest BCUT2D eigenvalue weighted by Gasteiger charge is -2.09. The highest BCUT2D eigenvalue weighted by atomic mass is 79.9. The third-order valence-electron chi connectivity index (χ3n) is 3.31. The second-order valence-electron chi connectivity index (χ2n) is 5.30. The number of para-hydroxylation sites is 1. The number of carbonyl (C=O) groups is 3. The first-order valence-corrected chi connectivity index (χ1v) is 8.87. The summed E-state index contributed by atoms with van der Waals surface area (Å²) < 4.78 is 5.48. The fourth-order valence-corrected chi connectivity index (χ4v) is 2.61. The molecule has 2 amide bonds. The van der Waals surface area contributed by atoms with Gasteiger partial charge in [-0.2, -0.15) is 0 Å². The molecule has 0 aliphatic rings. The number of carbonyl (C=O) groups excluding carboxylic acids is 3. The Balaban J connectivity index is 1.80. The highest BCUT2D eigenvalue weighted by Gasteiger charge is 2.17. The molecule has 0 spiro atoms. The summed E-state index contributed by atoms with van der Waals surface area (Å²) in [6.07, 6.45) is 0. The molecule has 0 bridgehead atoms. The van der Waals surface area contributed by atoms with Gasteiger partial charge >= 0.3 is 5.97 Å². The van der Waals surface area contributed by atoms with Gasteiger partial charge in [-0.3, -0.25) is 19.7 Å². The van der Waals surface area contributed by atoms with Gasteiger partial charge in [-0.25, -0.2) is 4.79 Å². The van der Waals surface area contributed by atoms with Gasteiger partial charge in [0.15, 0.2) is 6.61 Å². The minimum Gasteiger partial charge on any atom is -0.452 e. The molecule has 0 radical (unpaired) electrons. The molecule has 2 aromatic carbocycles. The van der Waals surface area contributed by atoms with Crippen LogP contribution in [0.2, 0.25) is 5.02 Å². The van der Waals surface area contributed by atoms with Crippen LogP contribution in [0.4, 0.5) is 11.4 Å². The minimum absolute atomic E-state index is 0.119. The van der Waals surface area contributed by atoms with Crippen molar-refractivity contribution in [3.8, 4) is 0 Å². The van der Waals surface area contributed by atoms with Crippen LogP contribution in [0, 0.1) is 10.1 Å². The van der Waals surface area contributed by atoms with Gasteiger partial charge in [0.25, 0.3) is 11.6 Å². The molecule has 2 aromatic rings. The Labute approximate surface area is 172 Å². The predicted molar refractivity (Wildman–Crippen MR) is 104 cm³/mol. The number of nitro benzene ring substituents is 1. The number of nitrogens with zero attached hydrogens (tertiary/aromatic N) is 1. The van der Waals surface area contributed by atoms with E-state index in [4.69, 9.17) is 16.3 Å². The zero-order chi connectivity index (χ0) is 20.7. The van der Waals surface area contributed by atoms with Gasteiger partial charge in [-0.1, -0.05) is 23.7 Å². The number of hydrogen-bond acceptors (Lipinski definition) is 6. The summed E-state index contributed by atoms with van der Waals surface area (Å²) in [7, 11) is 0. The van der Waals surface area contributed by atoms with E-state index in [1.807, 2.05) is 0 Å². The summed E-state index contributed by atoms with van der Waals surface area (Å²) in [5.74, 6) is -2.09. The molecule has 2 N–H and O–H groups in total. The predicted octanol–water partition coefficient (Wildman–Crippen LogP) is 2.92. The van der Waals surface area contributed by atoms with Crippen LogP contribution in [0.5, 0.6) is 0 Å². The van der Waals surface area contributed by atoms with Gasteiger partial charge in [-0.05, 0) is 34.1 Å². The van der Waals surface area contributed by atoms with Crippen LogP contribution in [-0.2, 0) is 14.3 Å². The van der Waals surface area contributed by atoms with E-state index in [9.17, 15) is 24.5 Å². The number of nitro groups is 1. The Morgan fingerprint density at radius 3 is 2.50 bits per heavy atom. The third kappa shape index (κ3) is 6.03. The maximum atomic E-state index is 11.9. The second kappa shape index (κ2) is 9.81. The molecule has 0 saturated carbocycles. The first-order valence-electron chi connectivity index (χ1n) is 7.70. The summed E-state index contributed by atoms with van der Waals surface area (Å²) >= 11 is 9.09. The first-order chi connectivity index (χ1) is 13.3. The number of anilines is 1. The van der Waals surface area contributed by atoms with Gasteiger partial charge in [0.1, 0.15) is 0 Å². The Bertz CT molecular complexity index is 937. The van der Waals surface area contributed by atoms with E-state index in [0.717, 1.165) is 18.2 Å². The number of benzene rings is 2. The highest BCUT2D eigenvalue weighted by Crippen LogP contribution is 2.23. The number of hydrogen-bond donors (Lipinski definition) is 2. The lowest BCUT2D eigenvalue weighted by Crippen LogP contribution is -2.35. The molecule has 0 saturated heterocycles. The van der Waals surface area contributed by atoms with Crippen molar-refractivity contribution in [2.45, 2.75) is 0 Å². The molecule has 0 fully saturated rings. The molecule has 2 rings (SSSR count). The van der Waals surface area contributed by atoms with Crippen molar-refractivity contribution in [1.29, 1.82) is 0 Å². The molecule has 0 aliphatic heterocycles. The molecule has 28 heavy (non-hydrogen) atoms. The number of rotatable bonds is 7. The van der Waals surface area contributed by atoms with Crippen LogP contribution in [0.3, 0.4) is 0 Å². The van der Waals surface area contributed by atoms with E-state index >= 15 is 0 Å². The molecule has 11 heteroatoms. The lowest BCUT2D eigenvalue weighted by atomic mass is 10.2. The van der Waals surface area contributed by atoms with Crippen LogP contribution >= 0.6 is 27.5 Å². The van der Waals surface area contributed by atoms with E-state index in [0.29, 0.717) is 10.2 Å². The maximum absolute atomic E-state index is 11.9. The van der Waals surface area contributed by atoms with Crippen LogP contribution in [0.1, 0.15) is 10.4 Å². The smallest absolute Gasteiger partial charge is 0.340 e. The van der Waals surface area contributed by atoms with Crippen LogP contribution in [0.15, 0.2) is 46.9 Å². The Kier molecular flexibility index (Phi) is 7.47. The Morgan fingerprint density at radius 2 is 1.86 bits per heavy atom. The van der Waals surface area contributed by atoms with Gasteiger partial charge in [0.2, 0.25) is 5.91 Å². The topological polar surface area (TPSA) is 128 Å². The van der Waals surface area contributed by atoms with E-state index < -0.39 is 29.3 Å². The molecular weight excluding hydrogens is 458 g/mol. The van der Waals surface area contributed by atoms with Gasteiger partial charge in [0.05, 0.1) is 27.7 Å². The monoisotopic (exact) mass is 469 g/mol. The summed E-state index contributed by atoms with van der Waals surface area (Å²) in [6.45, 7) is -0.968. The Hall–Kier alpha value is -2.98. The van der Waals surface area contributed by atoms with Crippen molar-refractivity contribution in [1.82, 2.24) is 5.32 Å². The summed E-state index contributed by atoms with van der Waals surface area (Å²) in [6, 6.07) is 10.2. The van der Waals surface area contributed by atoms with E-state index in [1.165, 1.54) is 0 Å². The van der Waals surface area contributed by atoms with Crippen LogP contribution in [-0.4, -0.2) is 35.9 Å². The summed E-state index contributed by atoms with van der Waals surface area (Å²) in [5.41, 5.74) is 0.142. The minimum atomic E-state index is -0.923. The average molecular weight is 471 g/mol. The third-order valence-corrected chi connectivity index (χ3v) is 4.32. The molecular formula is C17H13BrClN3O6. The van der Waals surface area contributed by atoms with E-state index in [-0.39, 0.29) is 22.8 Å². The van der Waals surface area contributed by atoms with Crippen molar-refractivity contribution in [3.05, 3.63) is 67.6 Å². The molecule has 9 nitrogen and oxygen atoms in total. The average Bonchev–Trinajstić information content (AvgIpc) is 2.66. The number of ether oxygens (including phenoxy) is 1. The lowest BCUT2D eigenvalue weighted by molar-refractivity contribution is -0.384. The summed E-state index contributed by atoms with van der Waals surface area (Å²) in [4.78, 5) is 45.5. The number of non-ortho nitro benzene ring substituents is 1. The van der Waals surface area contributed by atoms with Gasteiger partial charge in [0, 0.05) is 16.6 Å². The SMILES string of the molecule is O=C(COC(=O)c1ccc([N+](=O)[O-])cc1Cl)NCC(=O)Nc1ccccc1Br. The molecule has 0 atom stereocenters. The summed E-state index contributed by atoms with van der Waals surface area (Å²) in [5, 5.41) is 15.4. The number of amides is 2. The van der Waals surface area contributed by atoms with Crippen molar-refractivity contribution in [2.24, 2.45) is 0 Å². The van der Waals surface area contributed by atoms with Crippen LogP contribution in [0.25, 0.3) is 0 Å². The number of esters is 1. The standard InChI is InChI=1S/C17H13BrClN3O6/c18-12-3-1-2-4-14(12)21-15(23)8-20-16(24)9-28-17(25)11-6-5-10(22(26)27)7-13(11)19/h1-7H,8-9H2,(H,20,24)(H,21,23). The zero-order valence-corrected chi connectivity index (χ0v) is 16.5.